The van der Waals surface area contributed by atoms with E-state index in [1.54, 1.807) is 18.4 Å². The highest BCUT2D eigenvalue weighted by Gasteiger charge is 2.26. The molecule has 1 atom stereocenters. The molecule has 2 heterocycles. The van der Waals surface area contributed by atoms with E-state index in [9.17, 15) is 4.79 Å². The molecule has 1 aliphatic heterocycles. The molecule has 1 fully saturated rings. The minimum absolute atomic E-state index is 0.112. The number of rotatable bonds is 7. The summed E-state index contributed by atoms with van der Waals surface area (Å²) in [7, 11) is 1.65. The summed E-state index contributed by atoms with van der Waals surface area (Å²) in [6.07, 6.45) is 4.63. The molecule has 1 aromatic heterocycles. The minimum Gasteiger partial charge on any atom is -0.494 e. The highest BCUT2D eigenvalue weighted by atomic mass is 32.1. The summed E-state index contributed by atoms with van der Waals surface area (Å²) < 4.78 is 12.3. The van der Waals surface area contributed by atoms with Gasteiger partial charge in [-0.15, -0.1) is 0 Å². The van der Waals surface area contributed by atoms with Crippen LogP contribution < -0.4 is 9.64 Å². The summed E-state index contributed by atoms with van der Waals surface area (Å²) >= 11 is 1.57. The molecule has 0 N–H and O–H groups in total. The molecule has 0 aliphatic carbocycles. The molecule has 6 heteroatoms. The molecule has 0 radical (unpaired) electrons. The molecule has 3 rings (SSSR count). The normalized spacial score (nSPS) is 17.2. The van der Waals surface area contributed by atoms with Crippen LogP contribution in [-0.4, -0.2) is 37.3 Å². The second kappa shape index (κ2) is 8.15. The molecule has 25 heavy (non-hydrogen) atoms. The van der Waals surface area contributed by atoms with Crippen LogP contribution in [-0.2, 0) is 9.53 Å². The largest absolute Gasteiger partial charge is 0.494 e. The van der Waals surface area contributed by atoms with E-state index in [4.69, 9.17) is 14.5 Å². The zero-order valence-electron chi connectivity index (χ0n) is 15.2. The smallest absolute Gasteiger partial charge is 0.228 e. The summed E-state index contributed by atoms with van der Waals surface area (Å²) in [6, 6.07) is 3.97. The van der Waals surface area contributed by atoms with E-state index in [2.05, 4.69) is 13.8 Å². The van der Waals surface area contributed by atoms with Gasteiger partial charge in [-0.1, -0.05) is 30.7 Å². The van der Waals surface area contributed by atoms with E-state index in [1.165, 1.54) is 0 Å². The van der Waals surface area contributed by atoms with Crippen molar-refractivity contribution in [3.05, 3.63) is 17.7 Å². The first-order chi connectivity index (χ1) is 12.1. The number of unbranched alkanes of at least 4 members (excludes halogenated alkanes) is 1. The zero-order chi connectivity index (χ0) is 17.8. The molecule has 1 unspecified atom stereocenters. The topological polar surface area (TPSA) is 51.7 Å². The lowest BCUT2D eigenvalue weighted by molar-refractivity contribution is -0.119. The van der Waals surface area contributed by atoms with Crippen molar-refractivity contribution in [2.45, 2.75) is 52.1 Å². The van der Waals surface area contributed by atoms with E-state index in [1.807, 2.05) is 17.0 Å². The first-order valence-corrected chi connectivity index (χ1v) is 9.81. The van der Waals surface area contributed by atoms with Crippen LogP contribution in [0.3, 0.4) is 0 Å². The third-order valence-electron chi connectivity index (χ3n) is 4.60. The monoisotopic (exact) mass is 362 g/mol. The van der Waals surface area contributed by atoms with Gasteiger partial charge in [-0.2, -0.15) is 0 Å². The average Bonchev–Trinajstić information content (AvgIpc) is 3.28. The van der Waals surface area contributed by atoms with Crippen LogP contribution in [0.15, 0.2) is 12.1 Å². The number of amides is 1. The van der Waals surface area contributed by atoms with Gasteiger partial charge in [0, 0.05) is 13.0 Å². The van der Waals surface area contributed by atoms with Crippen molar-refractivity contribution in [3.8, 4) is 5.75 Å². The van der Waals surface area contributed by atoms with Crippen LogP contribution in [0, 0.1) is 6.92 Å². The lowest BCUT2D eigenvalue weighted by Gasteiger charge is -2.23. The van der Waals surface area contributed by atoms with E-state index in [0.29, 0.717) is 13.0 Å². The van der Waals surface area contributed by atoms with Gasteiger partial charge in [0.1, 0.15) is 11.3 Å². The molecular weight excluding hydrogens is 336 g/mol. The summed E-state index contributed by atoms with van der Waals surface area (Å²) in [6.45, 7) is 5.54. The van der Waals surface area contributed by atoms with Crippen LogP contribution in [0.1, 0.15) is 44.6 Å². The number of anilines is 1. The van der Waals surface area contributed by atoms with E-state index < -0.39 is 0 Å². The summed E-state index contributed by atoms with van der Waals surface area (Å²) in [5.41, 5.74) is 1.99. The van der Waals surface area contributed by atoms with Crippen molar-refractivity contribution in [3.63, 3.8) is 0 Å². The number of hydrogen-bond acceptors (Lipinski definition) is 5. The molecule has 1 aromatic carbocycles. The fraction of sp³-hybridized carbons (Fsp3) is 0.579. The number of carbonyl (C=O) groups excluding carboxylic acids is 1. The van der Waals surface area contributed by atoms with Crippen molar-refractivity contribution < 1.29 is 14.3 Å². The Labute approximate surface area is 152 Å². The third-order valence-corrected chi connectivity index (χ3v) is 5.81. The van der Waals surface area contributed by atoms with Crippen molar-refractivity contribution in [1.29, 1.82) is 0 Å². The van der Waals surface area contributed by atoms with E-state index in [0.717, 1.165) is 59.0 Å². The number of thiazole rings is 1. The molecular formula is C19H26N2O3S. The van der Waals surface area contributed by atoms with E-state index in [-0.39, 0.29) is 12.0 Å². The Hall–Kier alpha value is -1.66. The van der Waals surface area contributed by atoms with Crippen LogP contribution in [0.4, 0.5) is 5.13 Å². The van der Waals surface area contributed by atoms with Gasteiger partial charge in [0.2, 0.25) is 5.91 Å². The predicted octanol–water partition coefficient (Wildman–Crippen LogP) is 4.32. The molecule has 1 amide bonds. The number of nitrogens with zero attached hydrogens (tertiary/aromatic N) is 2. The maximum Gasteiger partial charge on any atom is 0.228 e. The van der Waals surface area contributed by atoms with Crippen LogP contribution in [0.25, 0.3) is 10.2 Å². The number of benzene rings is 1. The Bertz CT molecular complexity index is 738. The molecule has 136 valence electrons. The Balaban J connectivity index is 1.94. The fourth-order valence-electron chi connectivity index (χ4n) is 3.12. The molecule has 0 saturated carbocycles. The number of carbonyl (C=O) groups is 1. The van der Waals surface area contributed by atoms with Gasteiger partial charge in [-0.3, -0.25) is 9.69 Å². The summed E-state index contributed by atoms with van der Waals surface area (Å²) in [4.78, 5) is 19.4. The molecule has 0 spiro atoms. The molecule has 5 nitrogen and oxygen atoms in total. The Kier molecular flexibility index (Phi) is 5.91. The molecule has 2 aromatic rings. The average molecular weight is 362 g/mol. The number of hydrogen-bond donors (Lipinski definition) is 0. The molecule has 1 aliphatic rings. The van der Waals surface area contributed by atoms with Gasteiger partial charge >= 0.3 is 0 Å². The van der Waals surface area contributed by atoms with Gasteiger partial charge in [0.05, 0.1) is 24.5 Å². The molecule has 0 bridgehead atoms. The van der Waals surface area contributed by atoms with Gasteiger partial charge < -0.3 is 9.47 Å². The van der Waals surface area contributed by atoms with Gasteiger partial charge in [-0.25, -0.2) is 4.98 Å². The number of fused-ring (bicyclic) bond motifs is 1. The predicted molar refractivity (Wildman–Crippen MR) is 102 cm³/mol. The van der Waals surface area contributed by atoms with Gasteiger partial charge in [-0.05, 0) is 37.8 Å². The first kappa shape index (κ1) is 18.1. The van der Waals surface area contributed by atoms with Crippen LogP contribution >= 0.6 is 11.3 Å². The Morgan fingerprint density at radius 3 is 3.00 bits per heavy atom. The van der Waals surface area contributed by atoms with Crippen molar-refractivity contribution in [2.75, 3.05) is 25.2 Å². The van der Waals surface area contributed by atoms with Crippen LogP contribution in [0.5, 0.6) is 5.75 Å². The highest BCUT2D eigenvalue weighted by molar-refractivity contribution is 7.22. The van der Waals surface area contributed by atoms with Crippen molar-refractivity contribution in [1.82, 2.24) is 4.98 Å². The maximum atomic E-state index is 12.8. The minimum atomic E-state index is 0.112. The van der Waals surface area contributed by atoms with Crippen LogP contribution in [0.2, 0.25) is 0 Å². The van der Waals surface area contributed by atoms with Gasteiger partial charge in [0.15, 0.2) is 5.13 Å². The number of methoxy groups -OCH3 is 1. The summed E-state index contributed by atoms with van der Waals surface area (Å²) in [5.74, 6) is 0.884. The lowest BCUT2D eigenvalue weighted by atomic mass is 10.2. The number of ether oxygens (including phenoxy) is 2. The number of aromatic nitrogens is 1. The van der Waals surface area contributed by atoms with Gasteiger partial charge in [0.25, 0.3) is 0 Å². The fourth-order valence-corrected chi connectivity index (χ4v) is 4.20. The van der Waals surface area contributed by atoms with Crippen molar-refractivity contribution >= 4 is 32.6 Å². The van der Waals surface area contributed by atoms with Crippen molar-refractivity contribution in [2.24, 2.45) is 0 Å². The van der Waals surface area contributed by atoms with E-state index >= 15 is 0 Å². The number of aryl methyl sites for hydroxylation is 1. The molecule has 1 saturated heterocycles. The maximum absolute atomic E-state index is 12.8. The lowest BCUT2D eigenvalue weighted by Crippen LogP contribution is -2.37. The Morgan fingerprint density at radius 2 is 2.32 bits per heavy atom. The standard InChI is InChI=1S/C19H26N2O3S/c1-4-5-8-16(22)21(12-14-7-6-11-24-14)19-20-17-15(23-3)10-9-13(2)18(17)25-19/h9-10,14H,4-8,11-12H2,1-3H3. The second-order valence-corrected chi connectivity index (χ2v) is 7.48. The zero-order valence-corrected chi connectivity index (χ0v) is 16.0. The third kappa shape index (κ3) is 3.96. The quantitative estimate of drug-likeness (QED) is 0.736. The first-order valence-electron chi connectivity index (χ1n) is 9.00. The highest BCUT2D eigenvalue weighted by Crippen LogP contribution is 2.37. The summed E-state index contributed by atoms with van der Waals surface area (Å²) in [5, 5.41) is 0.749. The Morgan fingerprint density at radius 1 is 1.48 bits per heavy atom. The second-order valence-electron chi connectivity index (χ2n) is 6.50. The SMILES string of the molecule is CCCCC(=O)N(CC1CCCO1)c1nc2c(OC)ccc(C)c2s1.